The highest BCUT2D eigenvalue weighted by molar-refractivity contribution is 6.30. The van der Waals surface area contributed by atoms with Crippen molar-refractivity contribution in [3.8, 4) is 29.1 Å². The fourth-order valence-corrected chi connectivity index (χ4v) is 4.58. The number of pyridine rings is 1. The zero-order chi connectivity index (χ0) is 23.2. The first kappa shape index (κ1) is 21.1. The molecule has 1 spiro atoms. The fourth-order valence-electron chi connectivity index (χ4n) is 4.47. The summed E-state index contributed by atoms with van der Waals surface area (Å²) >= 11 is 5.85. The van der Waals surface area contributed by atoms with Crippen molar-refractivity contribution in [2.45, 2.75) is 37.3 Å². The smallest absolute Gasteiger partial charge is 0.254 e. The molecule has 9 nitrogen and oxygen atoms in total. The lowest BCUT2D eigenvalue weighted by molar-refractivity contribution is 0.100. The first-order chi connectivity index (χ1) is 15.9. The van der Waals surface area contributed by atoms with Crippen LogP contribution in [-0.2, 0) is 0 Å². The minimum atomic E-state index is -0.647. The molecule has 1 amide bonds. The average Bonchev–Trinajstić information content (AvgIpc) is 3.49. The second-order valence-electron chi connectivity index (χ2n) is 8.49. The molecular formula is C23H22ClN7O2. The molecule has 2 aromatic heterocycles. The number of likely N-dealkylation sites (tertiary alicyclic amines) is 1. The molecule has 1 aliphatic heterocycles. The van der Waals surface area contributed by atoms with Gasteiger partial charge in [-0.3, -0.25) is 4.79 Å². The summed E-state index contributed by atoms with van der Waals surface area (Å²) in [6.45, 7) is 0.515. The van der Waals surface area contributed by atoms with Crippen LogP contribution < -0.4 is 16.2 Å². The highest BCUT2D eigenvalue weighted by atomic mass is 35.5. The number of carbonyl (C=O) groups is 1. The summed E-state index contributed by atoms with van der Waals surface area (Å²) in [4.78, 5) is 18.2. The van der Waals surface area contributed by atoms with Crippen LogP contribution in [0.1, 0.15) is 42.1 Å². The molecule has 0 radical (unpaired) electrons. The average molecular weight is 464 g/mol. The Kier molecular flexibility index (Phi) is 5.10. The summed E-state index contributed by atoms with van der Waals surface area (Å²) in [5, 5.41) is 14.8. The monoisotopic (exact) mass is 463 g/mol. The van der Waals surface area contributed by atoms with Crippen molar-refractivity contribution in [3.63, 3.8) is 0 Å². The van der Waals surface area contributed by atoms with Gasteiger partial charge in [0.25, 0.3) is 5.91 Å². The molecule has 1 atom stereocenters. The Hall–Kier alpha value is -3.77. The van der Waals surface area contributed by atoms with Gasteiger partial charge in [0, 0.05) is 17.8 Å². The Morgan fingerprint density at radius 1 is 1.21 bits per heavy atom. The molecule has 2 fully saturated rings. The predicted octanol–water partition coefficient (Wildman–Crippen LogP) is 3.72. The number of anilines is 1. The molecule has 1 saturated carbocycles. The number of nitrogens with two attached hydrogens (primary N) is 2. The maximum absolute atomic E-state index is 12.3. The van der Waals surface area contributed by atoms with Crippen molar-refractivity contribution < 1.29 is 9.53 Å². The maximum Gasteiger partial charge on any atom is 0.254 e. The number of nitrogens with zero attached hydrogens (tertiary/aromatic N) is 5. The van der Waals surface area contributed by atoms with Gasteiger partial charge in [0.05, 0.1) is 23.1 Å². The van der Waals surface area contributed by atoms with E-state index in [4.69, 9.17) is 27.8 Å². The molecule has 3 aromatic rings. The molecule has 10 heteroatoms. The Morgan fingerprint density at radius 2 is 1.97 bits per heavy atom. The molecule has 5 rings (SSSR count). The Labute approximate surface area is 195 Å². The standard InChI is InChI=1S/C23H22ClN7O2/c24-15-3-6-18(28-11-15)33-17-4-1-14(2-5-17)20-19(22(27)32)21(26)31(29-20)16-7-8-23(9-10-23)30(12-16)13-25/h1-6,11,16H,7-10,12,26H2,(H2,27,32)/t16-/m0/s1. The number of rotatable bonds is 5. The van der Waals surface area contributed by atoms with Gasteiger partial charge in [0.2, 0.25) is 5.88 Å². The van der Waals surface area contributed by atoms with E-state index < -0.39 is 5.91 Å². The molecule has 1 aromatic carbocycles. The van der Waals surface area contributed by atoms with Crippen LogP contribution in [-0.4, -0.2) is 37.7 Å². The van der Waals surface area contributed by atoms with Crippen molar-refractivity contribution in [3.05, 3.63) is 53.2 Å². The summed E-state index contributed by atoms with van der Waals surface area (Å²) in [7, 11) is 0. The third-order valence-corrected chi connectivity index (χ3v) is 6.67. The normalized spacial score (nSPS) is 18.7. The van der Waals surface area contributed by atoms with E-state index in [1.165, 1.54) is 6.20 Å². The number of nitriles is 1. The summed E-state index contributed by atoms with van der Waals surface area (Å²) in [6, 6.07) is 10.3. The van der Waals surface area contributed by atoms with E-state index in [1.807, 2.05) is 4.90 Å². The molecule has 3 heterocycles. The van der Waals surface area contributed by atoms with Crippen LogP contribution >= 0.6 is 11.6 Å². The van der Waals surface area contributed by atoms with E-state index in [0.29, 0.717) is 34.5 Å². The number of primary amides is 1. The van der Waals surface area contributed by atoms with Gasteiger partial charge in [0.1, 0.15) is 22.8 Å². The van der Waals surface area contributed by atoms with Gasteiger partial charge in [-0.05, 0) is 56.0 Å². The first-order valence-corrected chi connectivity index (χ1v) is 11.0. The number of ether oxygens (including phenoxy) is 1. The number of benzene rings is 1. The molecule has 168 valence electrons. The van der Waals surface area contributed by atoms with Crippen LogP contribution in [0.4, 0.5) is 5.82 Å². The molecule has 0 bridgehead atoms. The van der Waals surface area contributed by atoms with Crippen LogP contribution in [0.5, 0.6) is 11.6 Å². The van der Waals surface area contributed by atoms with Gasteiger partial charge in [-0.25, -0.2) is 9.67 Å². The number of hydrogen-bond acceptors (Lipinski definition) is 7. The number of piperidine rings is 1. The van der Waals surface area contributed by atoms with E-state index in [0.717, 1.165) is 25.7 Å². The highest BCUT2D eigenvalue weighted by Gasteiger charge is 2.51. The van der Waals surface area contributed by atoms with Crippen molar-refractivity contribution >= 4 is 23.3 Å². The van der Waals surface area contributed by atoms with Crippen LogP contribution in [0, 0.1) is 11.5 Å². The van der Waals surface area contributed by atoms with E-state index >= 15 is 0 Å². The van der Waals surface area contributed by atoms with Gasteiger partial charge in [-0.1, -0.05) is 11.6 Å². The van der Waals surface area contributed by atoms with Gasteiger partial charge in [-0.15, -0.1) is 0 Å². The second kappa shape index (κ2) is 7.98. The summed E-state index contributed by atoms with van der Waals surface area (Å²) in [5.41, 5.74) is 13.3. The number of aromatic nitrogens is 3. The van der Waals surface area contributed by atoms with Gasteiger partial charge < -0.3 is 21.1 Å². The molecular weight excluding hydrogens is 442 g/mol. The fraction of sp³-hybridized carbons (Fsp3) is 0.304. The number of carbonyl (C=O) groups excluding carboxylic acids is 1. The Balaban J connectivity index is 1.43. The third kappa shape index (κ3) is 3.83. The van der Waals surface area contributed by atoms with E-state index in [9.17, 15) is 10.1 Å². The zero-order valence-electron chi connectivity index (χ0n) is 17.7. The van der Waals surface area contributed by atoms with Crippen molar-refractivity contribution in [1.29, 1.82) is 5.26 Å². The lowest BCUT2D eigenvalue weighted by Gasteiger charge is -2.36. The molecule has 2 aliphatic rings. The summed E-state index contributed by atoms with van der Waals surface area (Å²) in [6.07, 6.45) is 7.64. The molecule has 4 N–H and O–H groups in total. The van der Waals surface area contributed by atoms with Crippen molar-refractivity contribution in [1.82, 2.24) is 19.7 Å². The second-order valence-corrected chi connectivity index (χ2v) is 8.92. The van der Waals surface area contributed by atoms with Crippen molar-refractivity contribution in [2.75, 3.05) is 12.3 Å². The van der Waals surface area contributed by atoms with Gasteiger partial charge in [-0.2, -0.15) is 10.4 Å². The third-order valence-electron chi connectivity index (χ3n) is 6.45. The number of amides is 1. The highest BCUT2D eigenvalue weighted by Crippen LogP contribution is 2.50. The Morgan fingerprint density at radius 3 is 2.58 bits per heavy atom. The quantitative estimate of drug-likeness (QED) is 0.550. The lowest BCUT2D eigenvalue weighted by atomic mass is 9.97. The minimum absolute atomic E-state index is 0.0112. The topological polar surface area (TPSA) is 136 Å². The first-order valence-electron chi connectivity index (χ1n) is 10.7. The molecule has 1 aliphatic carbocycles. The number of halogens is 1. The largest absolute Gasteiger partial charge is 0.439 e. The van der Waals surface area contributed by atoms with E-state index in [2.05, 4.69) is 16.3 Å². The SMILES string of the molecule is N#CN1C[C@@H](n2nc(-c3ccc(Oc4ccc(Cl)cn4)cc3)c(C(N)=O)c2N)CCC12CC2. The maximum atomic E-state index is 12.3. The molecule has 33 heavy (non-hydrogen) atoms. The lowest BCUT2D eigenvalue weighted by Crippen LogP contribution is -2.43. The van der Waals surface area contributed by atoms with Crippen molar-refractivity contribution in [2.24, 2.45) is 5.73 Å². The van der Waals surface area contributed by atoms with Crippen LogP contribution in [0.25, 0.3) is 11.3 Å². The molecule has 1 saturated heterocycles. The van der Waals surface area contributed by atoms with E-state index in [-0.39, 0.29) is 23.0 Å². The minimum Gasteiger partial charge on any atom is -0.439 e. The summed E-state index contributed by atoms with van der Waals surface area (Å²) in [5.74, 6) is 0.545. The van der Waals surface area contributed by atoms with Gasteiger partial charge in [0.15, 0.2) is 6.19 Å². The number of nitrogen functional groups attached to an aromatic ring is 1. The van der Waals surface area contributed by atoms with E-state index in [1.54, 1.807) is 41.1 Å². The van der Waals surface area contributed by atoms with Gasteiger partial charge >= 0.3 is 0 Å². The predicted molar refractivity (Wildman–Crippen MR) is 122 cm³/mol. The number of hydrogen-bond donors (Lipinski definition) is 2. The Bertz CT molecular complexity index is 1240. The summed E-state index contributed by atoms with van der Waals surface area (Å²) < 4.78 is 7.38. The zero-order valence-corrected chi connectivity index (χ0v) is 18.5. The van der Waals surface area contributed by atoms with Crippen LogP contribution in [0.3, 0.4) is 0 Å². The molecule has 0 unspecified atom stereocenters. The van der Waals surface area contributed by atoms with Crippen LogP contribution in [0.15, 0.2) is 42.6 Å². The van der Waals surface area contributed by atoms with Crippen LogP contribution in [0.2, 0.25) is 5.02 Å².